The number of hydrogen-bond acceptors (Lipinski definition) is 5. The maximum atomic E-state index is 13.6. The van der Waals surface area contributed by atoms with Crippen LogP contribution in [-0.2, 0) is 15.8 Å². The minimum atomic E-state index is -3.69. The lowest BCUT2D eigenvalue weighted by Gasteiger charge is -2.08. The summed E-state index contributed by atoms with van der Waals surface area (Å²) in [7, 11) is -3.69. The van der Waals surface area contributed by atoms with E-state index in [9.17, 15) is 12.8 Å². The zero-order valence-electron chi connectivity index (χ0n) is 12.8. The zero-order chi connectivity index (χ0) is 17.2. The van der Waals surface area contributed by atoms with E-state index < -0.39 is 21.6 Å². The number of sulfonamides is 1. The normalized spacial score (nSPS) is 11.8. The van der Waals surface area contributed by atoms with Gasteiger partial charge in [0.2, 0.25) is 10.0 Å². The summed E-state index contributed by atoms with van der Waals surface area (Å²) in [6.45, 7) is 2.05. The molecule has 0 unspecified atom stereocenters. The van der Waals surface area contributed by atoms with E-state index in [-0.39, 0.29) is 5.56 Å². The highest BCUT2D eigenvalue weighted by Gasteiger charge is 2.15. The molecule has 0 aliphatic carbocycles. The highest BCUT2D eigenvalue weighted by Crippen LogP contribution is 2.31. The number of thioether (sulfide) groups is 1. The van der Waals surface area contributed by atoms with Gasteiger partial charge in [-0.25, -0.2) is 17.8 Å². The van der Waals surface area contributed by atoms with Crippen molar-refractivity contribution >= 4 is 49.0 Å². The van der Waals surface area contributed by atoms with E-state index in [2.05, 4.69) is 16.6 Å². The van der Waals surface area contributed by atoms with Crippen LogP contribution in [-0.4, -0.2) is 19.2 Å². The molecule has 1 N–H and O–H groups in total. The molecule has 126 valence electrons. The van der Waals surface area contributed by atoms with Crippen LogP contribution >= 0.6 is 23.1 Å². The Labute approximate surface area is 148 Å². The van der Waals surface area contributed by atoms with E-state index in [0.717, 1.165) is 20.3 Å². The smallest absolute Gasteiger partial charge is 0.237 e. The monoisotopic (exact) mass is 382 g/mol. The topological polar surface area (TPSA) is 59.1 Å². The Morgan fingerprint density at radius 3 is 2.79 bits per heavy atom. The van der Waals surface area contributed by atoms with Crippen LogP contribution in [0.1, 0.15) is 12.5 Å². The van der Waals surface area contributed by atoms with Gasteiger partial charge in [0, 0.05) is 5.56 Å². The standard InChI is InChI=1S/C16H15FN2O2S3/c1-2-22-16-18-14-8-7-12(9-15(14)23-16)19-24(20,21)10-11-5-3-4-6-13(11)17/h3-9,19H,2,10H2,1H3. The minimum Gasteiger partial charge on any atom is -0.283 e. The zero-order valence-corrected chi connectivity index (χ0v) is 15.3. The Morgan fingerprint density at radius 1 is 1.25 bits per heavy atom. The van der Waals surface area contributed by atoms with Crippen LogP contribution in [0.2, 0.25) is 0 Å². The first-order valence-corrected chi connectivity index (χ1v) is 10.7. The van der Waals surface area contributed by atoms with Gasteiger partial charge >= 0.3 is 0 Å². The number of rotatable bonds is 6. The molecular weight excluding hydrogens is 367 g/mol. The molecule has 0 amide bonds. The van der Waals surface area contributed by atoms with Crippen molar-refractivity contribution in [3.63, 3.8) is 0 Å². The molecule has 0 bridgehead atoms. The molecule has 0 aliphatic rings. The van der Waals surface area contributed by atoms with E-state index in [0.29, 0.717) is 5.69 Å². The number of anilines is 1. The van der Waals surface area contributed by atoms with Crippen LogP contribution in [0.4, 0.5) is 10.1 Å². The molecular formula is C16H15FN2O2S3. The van der Waals surface area contributed by atoms with E-state index in [4.69, 9.17) is 0 Å². The van der Waals surface area contributed by atoms with Gasteiger partial charge < -0.3 is 0 Å². The summed E-state index contributed by atoms with van der Waals surface area (Å²) in [5.74, 6) is 0.00116. The quantitative estimate of drug-likeness (QED) is 0.638. The molecule has 0 aliphatic heterocycles. The third-order valence-electron chi connectivity index (χ3n) is 3.21. The van der Waals surface area contributed by atoms with Gasteiger partial charge in [-0.3, -0.25) is 4.72 Å². The molecule has 3 aromatic rings. The summed E-state index contributed by atoms with van der Waals surface area (Å²) >= 11 is 3.18. The first-order valence-electron chi connectivity index (χ1n) is 7.24. The third-order valence-corrected chi connectivity index (χ3v) is 6.49. The second-order valence-corrected chi connectivity index (χ2v) is 9.31. The molecule has 0 atom stereocenters. The van der Waals surface area contributed by atoms with E-state index >= 15 is 0 Å². The highest BCUT2D eigenvalue weighted by atomic mass is 32.2. The van der Waals surface area contributed by atoms with Crippen molar-refractivity contribution in [2.24, 2.45) is 0 Å². The van der Waals surface area contributed by atoms with Crippen molar-refractivity contribution in [1.29, 1.82) is 0 Å². The fraction of sp³-hybridized carbons (Fsp3) is 0.188. The molecule has 0 saturated heterocycles. The maximum absolute atomic E-state index is 13.6. The van der Waals surface area contributed by atoms with Crippen LogP contribution in [0.5, 0.6) is 0 Å². The van der Waals surface area contributed by atoms with Gasteiger partial charge in [-0.2, -0.15) is 0 Å². The molecule has 24 heavy (non-hydrogen) atoms. The van der Waals surface area contributed by atoms with Crippen molar-refractivity contribution in [1.82, 2.24) is 4.98 Å². The molecule has 2 aromatic carbocycles. The SMILES string of the molecule is CCSc1nc2ccc(NS(=O)(=O)Cc3ccccc3F)cc2s1. The predicted octanol–water partition coefficient (Wildman–Crippen LogP) is 4.49. The Hall–Kier alpha value is -1.64. The molecule has 0 spiro atoms. The molecule has 0 fully saturated rings. The Kier molecular flexibility index (Phi) is 5.07. The largest absolute Gasteiger partial charge is 0.283 e. The van der Waals surface area contributed by atoms with Gasteiger partial charge in [0.25, 0.3) is 0 Å². The van der Waals surface area contributed by atoms with Crippen LogP contribution in [0.25, 0.3) is 10.2 Å². The fourth-order valence-corrected chi connectivity index (χ4v) is 5.39. The van der Waals surface area contributed by atoms with E-state index in [1.54, 1.807) is 36.0 Å². The number of halogens is 1. The molecule has 8 heteroatoms. The van der Waals surface area contributed by atoms with Gasteiger partial charge in [-0.05, 0) is 30.0 Å². The van der Waals surface area contributed by atoms with Crippen LogP contribution in [0.15, 0.2) is 46.8 Å². The van der Waals surface area contributed by atoms with Gasteiger partial charge in [0.05, 0.1) is 21.7 Å². The predicted molar refractivity (Wildman–Crippen MR) is 98.7 cm³/mol. The Morgan fingerprint density at radius 2 is 2.04 bits per heavy atom. The highest BCUT2D eigenvalue weighted by molar-refractivity contribution is 8.01. The third kappa shape index (κ3) is 4.06. The molecule has 0 saturated carbocycles. The summed E-state index contributed by atoms with van der Waals surface area (Å²) in [5.41, 5.74) is 1.44. The summed E-state index contributed by atoms with van der Waals surface area (Å²) < 4.78 is 42.6. The van der Waals surface area contributed by atoms with Crippen LogP contribution in [0.3, 0.4) is 0 Å². The van der Waals surface area contributed by atoms with Crippen molar-refractivity contribution in [2.45, 2.75) is 17.0 Å². The molecule has 3 rings (SSSR count). The Bertz CT molecular complexity index is 970. The molecule has 1 heterocycles. The lowest BCUT2D eigenvalue weighted by Crippen LogP contribution is -2.15. The number of nitrogens with one attached hydrogen (secondary N) is 1. The second kappa shape index (κ2) is 7.08. The number of thiazole rings is 1. The minimum absolute atomic E-state index is 0.144. The van der Waals surface area contributed by atoms with Crippen molar-refractivity contribution in [3.8, 4) is 0 Å². The molecule has 1 aromatic heterocycles. The fourth-order valence-electron chi connectivity index (χ4n) is 2.19. The first kappa shape index (κ1) is 17.2. The number of nitrogens with zero attached hydrogens (tertiary/aromatic N) is 1. The van der Waals surface area contributed by atoms with Crippen molar-refractivity contribution < 1.29 is 12.8 Å². The molecule has 0 radical (unpaired) electrons. The number of fused-ring (bicyclic) bond motifs is 1. The lowest BCUT2D eigenvalue weighted by molar-refractivity contribution is 0.591. The number of hydrogen-bond donors (Lipinski definition) is 1. The Balaban J connectivity index is 1.81. The van der Waals surface area contributed by atoms with Gasteiger partial charge in [-0.15, -0.1) is 11.3 Å². The first-order chi connectivity index (χ1) is 11.5. The number of aromatic nitrogens is 1. The van der Waals surface area contributed by atoms with Gasteiger partial charge in [0.1, 0.15) is 5.82 Å². The lowest BCUT2D eigenvalue weighted by atomic mass is 10.2. The number of benzene rings is 2. The van der Waals surface area contributed by atoms with Crippen molar-refractivity contribution in [2.75, 3.05) is 10.5 Å². The summed E-state index contributed by atoms with van der Waals surface area (Å²) in [5, 5.41) is 0. The van der Waals surface area contributed by atoms with E-state index in [1.165, 1.54) is 29.5 Å². The summed E-state index contributed by atoms with van der Waals surface area (Å²) in [4.78, 5) is 4.47. The second-order valence-electron chi connectivity index (χ2n) is 5.05. The van der Waals surface area contributed by atoms with E-state index in [1.807, 2.05) is 0 Å². The average Bonchev–Trinajstić information content (AvgIpc) is 2.91. The summed E-state index contributed by atoms with van der Waals surface area (Å²) in [6.07, 6.45) is 0. The van der Waals surface area contributed by atoms with Crippen LogP contribution in [0, 0.1) is 5.82 Å². The summed E-state index contributed by atoms with van der Waals surface area (Å²) in [6, 6.07) is 11.1. The molecule has 4 nitrogen and oxygen atoms in total. The van der Waals surface area contributed by atoms with Gasteiger partial charge in [0.15, 0.2) is 4.34 Å². The van der Waals surface area contributed by atoms with Crippen molar-refractivity contribution in [3.05, 3.63) is 53.8 Å². The maximum Gasteiger partial charge on any atom is 0.237 e. The van der Waals surface area contributed by atoms with Crippen LogP contribution < -0.4 is 4.72 Å². The average molecular weight is 383 g/mol. The van der Waals surface area contributed by atoms with Gasteiger partial charge in [-0.1, -0.05) is 36.9 Å².